The summed E-state index contributed by atoms with van der Waals surface area (Å²) in [5.74, 6) is 0.255. The number of morpholine rings is 1. The molecule has 3 amide bonds. The van der Waals surface area contributed by atoms with Gasteiger partial charge in [-0.05, 0) is 70.0 Å². The first-order chi connectivity index (χ1) is 18.0. The number of pyridine rings is 1. The predicted molar refractivity (Wildman–Crippen MR) is 144 cm³/mol. The van der Waals surface area contributed by atoms with Crippen molar-refractivity contribution in [3.63, 3.8) is 0 Å². The molecule has 38 heavy (non-hydrogen) atoms. The number of carboxylic acid groups (broad SMARTS) is 1. The lowest BCUT2D eigenvalue weighted by Crippen LogP contribution is -2.57. The molecule has 1 aromatic heterocycles. The van der Waals surface area contributed by atoms with E-state index in [1.54, 1.807) is 41.3 Å². The van der Waals surface area contributed by atoms with Gasteiger partial charge in [-0.1, -0.05) is 0 Å². The van der Waals surface area contributed by atoms with Crippen LogP contribution in [0.1, 0.15) is 54.3 Å². The minimum Gasteiger partial charge on any atom is -0.465 e. The Morgan fingerprint density at radius 1 is 1.08 bits per heavy atom. The number of nitrogens with zero attached hydrogens (tertiary/aromatic N) is 4. The highest BCUT2D eigenvalue weighted by Crippen LogP contribution is 2.29. The first-order valence-corrected chi connectivity index (χ1v) is 12.9. The summed E-state index contributed by atoms with van der Waals surface area (Å²) in [5, 5.41) is 13.0. The van der Waals surface area contributed by atoms with Gasteiger partial charge < -0.3 is 30.7 Å². The molecular formula is C27H36N6O5. The Morgan fingerprint density at radius 2 is 1.76 bits per heavy atom. The van der Waals surface area contributed by atoms with Gasteiger partial charge in [0, 0.05) is 43.0 Å². The highest BCUT2D eigenvalue weighted by atomic mass is 16.5. The summed E-state index contributed by atoms with van der Waals surface area (Å²) in [6.07, 6.45) is 0.630. The Bertz CT molecular complexity index is 1170. The molecule has 1 aromatic carbocycles. The molecule has 11 heteroatoms. The number of benzene rings is 1. The van der Waals surface area contributed by atoms with Crippen molar-refractivity contribution in [2.75, 3.05) is 49.6 Å². The van der Waals surface area contributed by atoms with Gasteiger partial charge in [-0.2, -0.15) is 0 Å². The monoisotopic (exact) mass is 524 g/mol. The van der Waals surface area contributed by atoms with Crippen LogP contribution in [0.15, 0.2) is 36.4 Å². The predicted octanol–water partition coefficient (Wildman–Crippen LogP) is 3.14. The number of hydrogen-bond donors (Lipinski definition) is 3. The number of primary amides is 1. The smallest absolute Gasteiger partial charge is 0.408 e. The van der Waals surface area contributed by atoms with E-state index in [4.69, 9.17) is 15.5 Å². The minimum atomic E-state index is -0.945. The van der Waals surface area contributed by atoms with E-state index in [2.05, 4.69) is 5.32 Å². The van der Waals surface area contributed by atoms with Crippen molar-refractivity contribution in [3.8, 4) is 0 Å². The van der Waals surface area contributed by atoms with Gasteiger partial charge in [0.1, 0.15) is 11.6 Å². The fourth-order valence-electron chi connectivity index (χ4n) is 5.07. The van der Waals surface area contributed by atoms with Gasteiger partial charge >= 0.3 is 6.09 Å². The van der Waals surface area contributed by atoms with Gasteiger partial charge in [0.25, 0.3) is 11.8 Å². The molecule has 1 atom stereocenters. The quantitative estimate of drug-likeness (QED) is 0.523. The fourth-order valence-corrected chi connectivity index (χ4v) is 5.07. The van der Waals surface area contributed by atoms with E-state index in [0.717, 1.165) is 19.4 Å². The van der Waals surface area contributed by atoms with Crippen LogP contribution in [-0.4, -0.2) is 88.8 Å². The molecule has 11 nitrogen and oxygen atoms in total. The number of amides is 3. The van der Waals surface area contributed by atoms with Crippen LogP contribution < -0.4 is 16.0 Å². The van der Waals surface area contributed by atoms with E-state index in [0.29, 0.717) is 55.7 Å². The standard InChI is InChI=1S/C27H36N6O5/c1-27(2,3)33(26(36)37)20-5-4-12-32(17-20)22-11-10-21(23(28)34)24(30-22)29-19-8-6-18(7-9-19)25(35)31-13-15-38-16-14-31/h6-11,20H,4-5,12-17H2,1-3H3,(H2,28,34)(H,29,30)(H,36,37)/t20-/m1/s1. The van der Waals surface area contributed by atoms with Gasteiger partial charge in [-0.3, -0.25) is 14.5 Å². The van der Waals surface area contributed by atoms with Gasteiger partial charge in [-0.15, -0.1) is 0 Å². The molecule has 0 saturated carbocycles. The number of carbonyl (C=O) groups is 3. The maximum atomic E-state index is 12.7. The van der Waals surface area contributed by atoms with Gasteiger partial charge in [0.05, 0.1) is 24.8 Å². The zero-order chi connectivity index (χ0) is 27.4. The second-order valence-electron chi connectivity index (χ2n) is 10.6. The third-order valence-electron chi connectivity index (χ3n) is 6.85. The molecule has 4 N–H and O–H groups in total. The molecule has 0 spiro atoms. The SMILES string of the molecule is CC(C)(C)N(C(=O)O)[C@@H]1CCCN(c2ccc(C(N)=O)c(Nc3ccc(C(=O)N4CCOCC4)cc3)n2)C1. The van der Waals surface area contributed by atoms with Gasteiger partial charge in [0.15, 0.2) is 0 Å². The average molecular weight is 525 g/mol. The zero-order valence-corrected chi connectivity index (χ0v) is 22.1. The first kappa shape index (κ1) is 27.2. The molecule has 0 unspecified atom stereocenters. The van der Waals surface area contributed by atoms with Crippen molar-refractivity contribution in [2.45, 2.75) is 45.2 Å². The summed E-state index contributed by atoms with van der Waals surface area (Å²) in [6.45, 7) is 9.07. The molecule has 2 aromatic rings. The summed E-state index contributed by atoms with van der Waals surface area (Å²) in [4.78, 5) is 46.9. The maximum Gasteiger partial charge on any atom is 0.408 e. The lowest BCUT2D eigenvalue weighted by atomic mass is 9.97. The molecule has 3 heterocycles. The van der Waals surface area contributed by atoms with Gasteiger partial charge in [0.2, 0.25) is 0 Å². The summed E-state index contributed by atoms with van der Waals surface area (Å²) in [7, 11) is 0. The largest absolute Gasteiger partial charge is 0.465 e. The van der Waals surface area contributed by atoms with Crippen LogP contribution >= 0.6 is 0 Å². The topological polar surface area (TPSA) is 141 Å². The molecule has 2 fully saturated rings. The Labute approximate surface area is 222 Å². The van der Waals surface area contributed by atoms with E-state index in [9.17, 15) is 19.5 Å². The third kappa shape index (κ3) is 6.16. The summed E-state index contributed by atoms with van der Waals surface area (Å²) >= 11 is 0. The van der Waals surface area contributed by atoms with Crippen LogP contribution in [0.5, 0.6) is 0 Å². The van der Waals surface area contributed by atoms with Gasteiger partial charge in [-0.25, -0.2) is 9.78 Å². The van der Waals surface area contributed by atoms with Crippen molar-refractivity contribution in [1.29, 1.82) is 0 Å². The molecule has 2 aliphatic rings. The Hall–Kier alpha value is -3.86. The number of nitrogens with two attached hydrogens (primary N) is 1. The van der Waals surface area contributed by atoms with E-state index >= 15 is 0 Å². The maximum absolute atomic E-state index is 12.7. The highest BCUT2D eigenvalue weighted by Gasteiger charge is 2.36. The van der Waals surface area contributed by atoms with E-state index in [-0.39, 0.29) is 17.5 Å². The number of nitrogens with one attached hydrogen (secondary N) is 1. The van der Waals surface area contributed by atoms with Crippen molar-refractivity contribution in [3.05, 3.63) is 47.5 Å². The zero-order valence-electron chi connectivity index (χ0n) is 22.1. The lowest BCUT2D eigenvalue weighted by molar-refractivity contribution is 0.0303. The number of ether oxygens (including phenoxy) is 1. The average Bonchev–Trinajstić information content (AvgIpc) is 2.88. The van der Waals surface area contributed by atoms with E-state index in [1.807, 2.05) is 25.7 Å². The molecule has 0 radical (unpaired) electrons. The van der Waals surface area contributed by atoms with Crippen LogP contribution in [0.4, 0.5) is 22.1 Å². The Morgan fingerprint density at radius 3 is 2.37 bits per heavy atom. The van der Waals surface area contributed by atoms with Crippen molar-refractivity contribution >= 4 is 35.2 Å². The molecule has 204 valence electrons. The summed E-state index contributed by atoms with van der Waals surface area (Å²) in [5.41, 5.74) is 6.53. The van der Waals surface area contributed by atoms with Crippen molar-refractivity contribution in [1.82, 2.24) is 14.8 Å². The number of rotatable bonds is 6. The molecule has 0 aliphatic carbocycles. The number of hydrogen-bond acceptors (Lipinski definition) is 7. The van der Waals surface area contributed by atoms with Crippen LogP contribution in [0.25, 0.3) is 0 Å². The number of anilines is 3. The van der Waals surface area contributed by atoms with Crippen LogP contribution in [-0.2, 0) is 4.74 Å². The van der Waals surface area contributed by atoms with Crippen molar-refractivity contribution < 1.29 is 24.2 Å². The third-order valence-corrected chi connectivity index (χ3v) is 6.85. The Balaban J connectivity index is 1.53. The second-order valence-corrected chi connectivity index (χ2v) is 10.6. The van der Waals surface area contributed by atoms with E-state index < -0.39 is 17.5 Å². The number of aromatic nitrogens is 1. The summed E-state index contributed by atoms with van der Waals surface area (Å²) < 4.78 is 5.32. The van der Waals surface area contributed by atoms with Crippen LogP contribution in [0.3, 0.4) is 0 Å². The Kier molecular flexibility index (Phi) is 8.05. The highest BCUT2D eigenvalue weighted by molar-refractivity contribution is 5.99. The molecule has 2 saturated heterocycles. The van der Waals surface area contributed by atoms with Crippen LogP contribution in [0.2, 0.25) is 0 Å². The molecule has 4 rings (SSSR count). The lowest BCUT2D eigenvalue weighted by Gasteiger charge is -2.44. The molecule has 0 bridgehead atoms. The fraction of sp³-hybridized carbons (Fsp3) is 0.481. The molecular weight excluding hydrogens is 488 g/mol. The van der Waals surface area contributed by atoms with E-state index in [1.165, 1.54) is 4.90 Å². The number of carbonyl (C=O) groups excluding carboxylic acids is 2. The summed E-state index contributed by atoms with van der Waals surface area (Å²) in [6, 6.07) is 10.2. The van der Waals surface area contributed by atoms with Crippen LogP contribution in [0, 0.1) is 0 Å². The minimum absolute atomic E-state index is 0.0527. The second kappa shape index (κ2) is 11.3. The number of piperidine rings is 1. The first-order valence-electron chi connectivity index (χ1n) is 12.9. The normalized spacial score (nSPS) is 18.1. The van der Waals surface area contributed by atoms with Crippen molar-refractivity contribution in [2.24, 2.45) is 5.73 Å². The molecule has 2 aliphatic heterocycles.